The zero-order chi connectivity index (χ0) is 9.26. The van der Waals surface area contributed by atoms with Gasteiger partial charge in [-0.2, -0.15) is 0 Å². The van der Waals surface area contributed by atoms with Crippen molar-refractivity contribution in [2.45, 2.75) is 12.4 Å². The van der Waals surface area contributed by atoms with Crippen molar-refractivity contribution in [2.75, 3.05) is 0 Å². The molecule has 1 aromatic rings. The number of carbonyl (C=O) groups is 1. The number of furan rings is 1. The summed E-state index contributed by atoms with van der Waals surface area (Å²) in [6.07, 6.45) is 2.20. The highest BCUT2D eigenvalue weighted by Crippen LogP contribution is 2.23. The van der Waals surface area contributed by atoms with Crippen molar-refractivity contribution in [3.05, 3.63) is 36.3 Å². The van der Waals surface area contributed by atoms with Crippen molar-refractivity contribution in [1.82, 2.24) is 0 Å². The molecule has 1 N–H and O–H groups in total. The molecule has 4 nitrogen and oxygen atoms in total. The van der Waals surface area contributed by atoms with Gasteiger partial charge in [-0.1, -0.05) is 0 Å². The Labute approximate surface area is 74.4 Å². The highest BCUT2D eigenvalue weighted by molar-refractivity contribution is 5.94. The van der Waals surface area contributed by atoms with E-state index in [0.29, 0.717) is 5.76 Å². The highest BCUT2D eigenvalue weighted by Gasteiger charge is 2.27. The molecule has 0 amide bonds. The summed E-state index contributed by atoms with van der Waals surface area (Å²) in [5.41, 5.74) is 0. The molecule has 0 fully saturated rings. The second kappa shape index (κ2) is 3.16. The summed E-state index contributed by atoms with van der Waals surface area (Å²) in [7, 11) is 0. The number of carbonyl (C=O) groups excluding carboxylic acids is 1. The van der Waals surface area contributed by atoms with E-state index < -0.39 is 12.4 Å². The zero-order valence-electron chi connectivity index (χ0n) is 6.71. The first-order valence-electron chi connectivity index (χ1n) is 3.86. The lowest BCUT2D eigenvalue weighted by Crippen LogP contribution is -2.24. The molecule has 0 spiro atoms. The third-order valence-electron chi connectivity index (χ3n) is 1.76. The van der Waals surface area contributed by atoms with Crippen LogP contribution in [0.5, 0.6) is 0 Å². The first-order valence-corrected chi connectivity index (χ1v) is 3.86. The number of rotatable bonds is 1. The van der Waals surface area contributed by atoms with Gasteiger partial charge in [-0.3, -0.25) is 4.79 Å². The van der Waals surface area contributed by atoms with Gasteiger partial charge in [0.1, 0.15) is 5.76 Å². The van der Waals surface area contributed by atoms with Gasteiger partial charge in [0, 0.05) is 0 Å². The first kappa shape index (κ1) is 8.22. The molecule has 68 valence electrons. The summed E-state index contributed by atoms with van der Waals surface area (Å²) in [4.78, 5) is 11.3. The molecular weight excluding hydrogens is 172 g/mol. The number of ketones is 1. The summed E-state index contributed by atoms with van der Waals surface area (Å²) < 4.78 is 9.97. The van der Waals surface area contributed by atoms with Crippen LogP contribution < -0.4 is 0 Å². The van der Waals surface area contributed by atoms with Crippen molar-refractivity contribution in [3.8, 4) is 0 Å². The lowest BCUT2D eigenvalue weighted by atomic mass is 10.1. The van der Waals surface area contributed by atoms with Gasteiger partial charge in [-0.25, -0.2) is 0 Å². The number of ether oxygens (including phenoxy) is 1. The maximum Gasteiger partial charge on any atom is 0.192 e. The van der Waals surface area contributed by atoms with Gasteiger partial charge in [-0.15, -0.1) is 0 Å². The summed E-state index contributed by atoms with van der Waals surface area (Å²) in [6.45, 7) is 0. The van der Waals surface area contributed by atoms with E-state index >= 15 is 0 Å². The summed E-state index contributed by atoms with van der Waals surface area (Å²) >= 11 is 0. The average molecular weight is 180 g/mol. The summed E-state index contributed by atoms with van der Waals surface area (Å²) in [5.74, 6) is 0.189. The zero-order valence-corrected chi connectivity index (χ0v) is 6.71. The number of aliphatic hydroxyl groups is 1. The molecule has 0 aromatic carbocycles. The average Bonchev–Trinajstić information content (AvgIpc) is 2.61. The molecule has 13 heavy (non-hydrogen) atoms. The van der Waals surface area contributed by atoms with E-state index in [1.54, 1.807) is 12.1 Å². The number of hydrogen-bond donors (Lipinski definition) is 1. The van der Waals surface area contributed by atoms with Gasteiger partial charge < -0.3 is 14.3 Å². The number of aliphatic hydroxyl groups excluding tert-OH is 1. The van der Waals surface area contributed by atoms with Crippen LogP contribution in [0.1, 0.15) is 11.9 Å². The van der Waals surface area contributed by atoms with E-state index in [-0.39, 0.29) is 5.78 Å². The molecule has 0 aliphatic carbocycles. The van der Waals surface area contributed by atoms with Gasteiger partial charge in [0.2, 0.25) is 0 Å². The summed E-state index contributed by atoms with van der Waals surface area (Å²) in [5, 5.41) is 9.09. The molecule has 2 rings (SSSR count). The van der Waals surface area contributed by atoms with Crippen LogP contribution in [0.25, 0.3) is 0 Å². The molecule has 0 saturated carbocycles. The van der Waals surface area contributed by atoms with Gasteiger partial charge in [0.15, 0.2) is 18.2 Å². The molecule has 4 heteroatoms. The molecule has 2 heterocycles. The van der Waals surface area contributed by atoms with Crippen molar-refractivity contribution in [1.29, 1.82) is 0 Å². The molecule has 2 atom stereocenters. The van der Waals surface area contributed by atoms with Crippen molar-refractivity contribution < 1.29 is 19.1 Å². The second-order valence-electron chi connectivity index (χ2n) is 2.68. The van der Waals surface area contributed by atoms with Crippen molar-refractivity contribution in [3.63, 3.8) is 0 Å². The molecule has 1 aliphatic heterocycles. The second-order valence-corrected chi connectivity index (χ2v) is 2.68. The Morgan fingerprint density at radius 3 is 3.00 bits per heavy atom. The number of hydrogen-bond acceptors (Lipinski definition) is 4. The fourth-order valence-electron chi connectivity index (χ4n) is 1.16. The lowest BCUT2D eigenvalue weighted by Gasteiger charge is -2.19. The topological polar surface area (TPSA) is 59.7 Å². The Hall–Kier alpha value is -1.39. The molecular formula is C9H8O4. The Bertz CT molecular complexity index is 325. The van der Waals surface area contributed by atoms with Crippen LogP contribution in [0.2, 0.25) is 0 Å². The lowest BCUT2D eigenvalue weighted by molar-refractivity contribution is -0.151. The minimum Gasteiger partial charge on any atom is -0.466 e. The predicted molar refractivity (Wildman–Crippen MR) is 42.7 cm³/mol. The minimum absolute atomic E-state index is 0.222. The monoisotopic (exact) mass is 180 g/mol. The van der Waals surface area contributed by atoms with E-state index in [1.807, 2.05) is 0 Å². The SMILES string of the molecule is O=C1C=CC(O)OC1c1ccco1. The van der Waals surface area contributed by atoms with E-state index in [2.05, 4.69) is 0 Å². The first-order chi connectivity index (χ1) is 6.27. The normalized spacial score (nSPS) is 27.9. The molecule has 0 saturated heterocycles. The third kappa shape index (κ3) is 1.54. The fraction of sp³-hybridized carbons (Fsp3) is 0.222. The molecule has 0 bridgehead atoms. The van der Waals surface area contributed by atoms with E-state index in [4.69, 9.17) is 14.3 Å². The van der Waals surface area contributed by atoms with Crippen LogP contribution in [0.3, 0.4) is 0 Å². The Kier molecular flexibility index (Phi) is 2.00. The smallest absolute Gasteiger partial charge is 0.192 e. The quantitative estimate of drug-likeness (QED) is 0.694. The van der Waals surface area contributed by atoms with Crippen LogP contribution in [-0.4, -0.2) is 17.2 Å². The fourth-order valence-corrected chi connectivity index (χ4v) is 1.16. The van der Waals surface area contributed by atoms with E-state index in [9.17, 15) is 4.79 Å². The van der Waals surface area contributed by atoms with Crippen molar-refractivity contribution >= 4 is 5.78 Å². The molecule has 2 unspecified atom stereocenters. The van der Waals surface area contributed by atoms with Gasteiger partial charge in [0.05, 0.1) is 6.26 Å². The van der Waals surface area contributed by atoms with Crippen LogP contribution in [0.15, 0.2) is 35.0 Å². The minimum atomic E-state index is -1.03. The van der Waals surface area contributed by atoms with Crippen molar-refractivity contribution in [2.24, 2.45) is 0 Å². The standard InChI is InChI=1S/C9H8O4/c10-6-3-4-8(11)13-9(6)7-2-1-5-12-7/h1-5,8-9,11H. The highest BCUT2D eigenvalue weighted by atomic mass is 16.6. The maximum absolute atomic E-state index is 11.3. The Balaban J connectivity index is 2.25. The molecule has 0 radical (unpaired) electrons. The van der Waals surface area contributed by atoms with Gasteiger partial charge >= 0.3 is 0 Å². The largest absolute Gasteiger partial charge is 0.466 e. The van der Waals surface area contributed by atoms with Crippen LogP contribution >= 0.6 is 0 Å². The molecule has 1 aliphatic rings. The van der Waals surface area contributed by atoms with Crippen LogP contribution in [0, 0.1) is 0 Å². The van der Waals surface area contributed by atoms with Gasteiger partial charge in [0.25, 0.3) is 0 Å². The predicted octanol–water partition coefficient (Wildman–Crippen LogP) is 0.795. The Morgan fingerprint density at radius 1 is 1.46 bits per heavy atom. The van der Waals surface area contributed by atoms with Crippen LogP contribution in [0.4, 0.5) is 0 Å². The third-order valence-corrected chi connectivity index (χ3v) is 1.76. The van der Waals surface area contributed by atoms with Gasteiger partial charge in [-0.05, 0) is 24.3 Å². The maximum atomic E-state index is 11.3. The summed E-state index contributed by atoms with van der Waals surface area (Å²) in [6, 6.07) is 3.30. The molecule has 1 aromatic heterocycles. The van der Waals surface area contributed by atoms with E-state index in [1.165, 1.54) is 18.4 Å². The Morgan fingerprint density at radius 2 is 2.31 bits per heavy atom. The van der Waals surface area contributed by atoms with E-state index in [0.717, 1.165) is 0 Å². The van der Waals surface area contributed by atoms with Crippen LogP contribution in [-0.2, 0) is 9.53 Å².